The molecule has 2 rings (SSSR count). The molecule has 0 aliphatic heterocycles. The minimum Gasteiger partial charge on any atom is -0.474 e. The Balaban J connectivity index is 2.17. The van der Waals surface area contributed by atoms with Gasteiger partial charge in [-0.2, -0.15) is 4.98 Å². The van der Waals surface area contributed by atoms with Crippen LogP contribution >= 0.6 is 0 Å². The summed E-state index contributed by atoms with van der Waals surface area (Å²) < 4.78 is 6.25. The van der Waals surface area contributed by atoms with Crippen molar-refractivity contribution in [1.82, 2.24) is 9.97 Å². The molecule has 0 aromatic carbocycles. The minimum absolute atomic E-state index is 0.305. The van der Waals surface area contributed by atoms with Crippen molar-refractivity contribution in [3.63, 3.8) is 0 Å². The Morgan fingerprint density at radius 1 is 1.24 bits per heavy atom. The summed E-state index contributed by atoms with van der Waals surface area (Å²) in [7, 11) is 0. The number of hydrogen-bond acceptors (Lipinski definition) is 4. The summed E-state index contributed by atoms with van der Waals surface area (Å²) in [6.07, 6.45) is 6.53. The van der Waals surface area contributed by atoms with E-state index in [9.17, 15) is 0 Å². The van der Waals surface area contributed by atoms with Gasteiger partial charge in [-0.3, -0.25) is 0 Å². The Morgan fingerprint density at radius 3 is 2.67 bits per heavy atom. The summed E-state index contributed by atoms with van der Waals surface area (Å²) in [5.74, 6) is 3.43. The van der Waals surface area contributed by atoms with E-state index >= 15 is 0 Å². The number of nitrogens with zero attached hydrogens (tertiary/aromatic N) is 2. The summed E-state index contributed by atoms with van der Waals surface area (Å²) >= 11 is 0. The van der Waals surface area contributed by atoms with Crippen LogP contribution in [0.2, 0.25) is 0 Å². The zero-order chi connectivity index (χ0) is 15.2. The van der Waals surface area contributed by atoms with Crippen LogP contribution in [-0.4, -0.2) is 22.6 Å². The molecule has 1 aromatic rings. The summed E-state index contributed by atoms with van der Waals surface area (Å²) in [5, 5.41) is 3.27. The zero-order valence-electron chi connectivity index (χ0n) is 13.9. The Hall–Kier alpha value is -1.32. The van der Waals surface area contributed by atoms with E-state index < -0.39 is 0 Å². The van der Waals surface area contributed by atoms with Crippen LogP contribution in [0.4, 0.5) is 5.82 Å². The molecule has 118 valence electrons. The van der Waals surface area contributed by atoms with Gasteiger partial charge in [-0.15, -0.1) is 0 Å². The number of aromatic nitrogens is 2. The lowest BCUT2D eigenvalue weighted by Crippen LogP contribution is -2.30. The molecule has 1 aliphatic carbocycles. The highest BCUT2D eigenvalue weighted by Gasteiger charge is 2.26. The summed E-state index contributed by atoms with van der Waals surface area (Å²) in [4.78, 5) is 9.16. The van der Waals surface area contributed by atoms with Gasteiger partial charge in [0.15, 0.2) is 0 Å². The van der Waals surface area contributed by atoms with Gasteiger partial charge in [0, 0.05) is 18.5 Å². The highest BCUT2D eigenvalue weighted by atomic mass is 16.5. The molecule has 0 saturated heterocycles. The van der Waals surface area contributed by atoms with E-state index in [0.717, 1.165) is 30.5 Å². The first-order valence-corrected chi connectivity index (χ1v) is 8.43. The maximum Gasteiger partial charge on any atom is 0.219 e. The standard InChI is InChI=1S/C17H29N3O/c1-5-13-9-7-8-10-14(13)21-16-11-15(18-6-2)19-17(20-16)12(3)4/h11-14H,5-10H2,1-4H3,(H,18,19,20). The first-order chi connectivity index (χ1) is 10.1. The molecule has 0 radical (unpaired) electrons. The normalized spacial score (nSPS) is 22.3. The van der Waals surface area contributed by atoms with E-state index in [-0.39, 0.29) is 0 Å². The molecule has 1 saturated carbocycles. The van der Waals surface area contributed by atoms with Crippen LogP contribution in [0, 0.1) is 5.92 Å². The Kier molecular flexibility index (Phi) is 5.83. The van der Waals surface area contributed by atoms with Crippen molar-refractivity contribution in [1.29, 1.82) is 0 Å². The second-order valence-corrected chi connectivity index (χ2v) is 6.24. The Labute approximate surface area is 128 Å². The molecule has 1 fully saturated rings. The van der Waals surface area contributed by atoms with Gasteiger partial charge in [0.1, 0.15) is 17.7 Å². The summed E-state index contributed by atoms with van der Waals surface area (Å²) in [5.41, 5.74) is 0. The summed E-state index contributed by atoms with van der Waals surface area (Å²) in [6, 6.07) is 1.94. The van der Waals surface area contributed by atoms with E-state index in [1.165, 1.54) is 25.7 Å². The van der Waals surface area contributed by atoms with Gasteiger partial charge in [0.05, 0.1) is 0 Å². The van der Waals surface area contributed by atoms with Gasteiger partial charge in [-0.05, 0) is 38.5 Å². The van der Waals surface area contributed by atoms with Crippen molar-refractivity contribution in [3.05, 3.63) is 11.9 Å². The van der Waals surface area contributed by atoms with E-state index in [0.29, 0.717) is 17.9 Å². The van der Waals surface area contributed by atoms with Crippen LogP contribution in [0.5, 0.6) is 5.88 Å². The van der Waals surface area contributed by atoms with Gasteiger partial charge < -0.3 is 10.1 Å². The van der Waals surface area contributed by atoms with Crippen LogP contribution in [0.15, 0.2) is 6.07 Å². The molecule has 1 heterocycles. The fraction of sp³-hybridized carbons (Fsp3) is 0.765. The Morgan fingerprint density at radius 2 is 2.00 bits per heavy atom. The van der Waals surface area contributed by atoms with Crippen molar-refractivity contribution in [3.8, 4) is 5.88 Å². The zero-order valence-corrected chi connectivity index (χ0v) is 13.9. The molecule has 21 heavy (non-hydrogen) atoms. The van der Waals surface area contributed by atoms with Crippen molar-refractivity contribution in [2.24, 2.45) is 5.92 Å². The van der Waals surface area contributed by atoms with Crippen molar-refractivity contribution < 1.29 is 4.74 Å². The molecule has 4 heteroatoms. The summed E-state index contributed by atoms with van der Waals surface area (Å²) in [6.45, 7) is 9.42. The maximum atomic E-state index is 6.25. The molecule has 1 N–H and O–H groups in total. The number of nitrogens with one attached hydrogen (secondary N) is 1. The lowest BCUT2D eigenvalue weighted by atomic mass is 9.85. The van der Waals surface area contributed by atoms with E-state index in [2.05, 4.69) is 43.0 Å². The third kappa shape index (κ3) is 4.32. The van der Waals surface area contributed by atoms with Crippen LogP contribution in [0.25, 0.3) is 0 Å². The van der Waals surface area contributed by atoms with Crippen LogP contribution < -0.4 is 10.1 Å². The molecule has 1 aliphatic rings. The van der Waals surface area contributed by atoms with Crippen LogP contribution in [0.1, 0.15) is 71.5 Å². The fourth-order valence-electron chi connectivity index (χ4n) is 2.98. The number of anilines is 1. The predicted octanol–water partition coefficient (Wildman–Crippen LogP) is 4.38. The number of hydrogen-bond donors (Lipinski definition) is 1. The average molecular weight is 291 g/mol. The fourth-order valence-corrected chi connectivity index (χ4v) is 2.98. The van der Waals surface area contributed by atoms with Crippen molar-refractivity contribution in [2.45, 2.75) is 71.8 Å². The molecule has 2 atom stereocenters. The molecular formula is C17H29N3O. The Bertz CT molecular complexity index is 448. The molecular weight excluding hydrogens is 262 g/mol. The monoisotopic (exact) mass is 291 g/mol. The molecule has 1 aromatic heterocycles. The first kappa shape index (κ1) is 16.1. The number of ether oxygens (including phenoxy) is 1. The highest BCUT2D eigenvalue weighted by molar-refractivity contribution is 5.38. The maximum absolute atomic E-state index is 6.25. The lowest BCUT2D eigenvalue weighted by molar-refractivity contribution is 0.0855. The van der Waals surface area contributed by atoms with Crippen LogP contribution in [0.3, 0.4) is 0 Å². The van der Waals surface area contributed by atoms with Gasteiger partial charge in [-0.25, -0.2) is 4.98 Å². The van der Waals surface area contributed by atoms with Gasteiger partial charge >= 0.3 is 0 Å². The van der Waals surface area contributed by atoms with Gasteiger partial charge in [0.2, 0.25) is 5.88 Å². The van der Waals surface area contributed by atoms with E-state index in [1.807, 2.05) is 6.07 Å². The first-order valence-electron chi connectivity index (χ1n) is 8.43. The SMILES string of the molecule is CCNc1cc(OC2CCCCC2CC)nc(C(C)C)n1. The third-order valence-electron chi connectivity index (χ3n) is 4.23. The smallest absolute Gasteiger partial charge is 0.219 e. The quantitative estimate of drug-likeness (QED) is 0.845. The molecule has 4 nitrogen and oxygen atoms in total. The average Bonchev–Trinajstić information content (AvgIpc) is 2.48. The minimum atomic E-state index is 0.305. The lowest BCUT2D eigenvalue weighted by Gasteiger charge is -2.31. The number of rotatable bonds is 6. The molecule has 2 unspecified atom stereocenters. The second kappa shape index (κ2) is 7.62. The van der Waals surface area contributed by atoms with Crippen molar-refractivity contribution in [2.75, 3.05) is 11.9 Å². The third-order valence-corrected chi connectivity index (χ3v) is 4.23. The van der Waals surface area contributed by atoms with Gasteiger partial charge in [-0.1, -0.05) is 27.2 Å². The van der Waals surface area contributed by atoms with Crippen LogP contribution in [-0.2, 0) is 0 Å². The van der Waals surface area contributed by atoms with E-state index in [1.54, 1.807) is 0 Å². The predicted molar refractivity (Wildman–Crippen MR) is 86.9 cm³/mol. The van der Waals surface area contributed by atoms with E-state index in [4.69, 9.17) is 4.74 Å². The van der Waals surface area contributed by atoms with Gasteiger partial charge in [0.25, 0.3) is 0 Å². The second-order valence-electron chi connectivity index (χ2n) is 6.24. The molecule has 0 spiro atoms. The highest BCUT2D eigenvalue weighted by Crippen LogP contribution is 2.30. The topological polar surface area (TPSA) is 47.0 Å². The largest absolute Gasteiger partial charge is 0.474 e. The van der Waals surface area contributed by atoms with Crippen molar-refractivity contribution >= 4 is 5.82 Å². The molecule has 0 bridgehead atoms. The molecule has 0 amide bonds.